The molecule has 1 N–H and O–H groups in total. The van der Waals surface area contributed by atoms with Crippen LogP contribution in [0, 0.1) is 0 Å². The predicted molar refractivity (Wildman–Crippen MR) is 62.1 cm³/mol. The van der Waals surface area contributed by atoms with Gasteiger partial charge in [0, 0.05) is 10.9 Å². The molecule has 76 valence electrons. The smallest absolute Gasteiger partial charge is 0.126 e. The molecule has 0 aromatic heterocycles. The van der Waals surface area contributed by atoms with E-state index in [0.29, 0.717) is 0 Å². The van der Waals surface area contributed by atoms with E-state index in [1.165, 1.54) is 0 Å². The highest BCUT2D eigenvalue weighted by Gasteiger charge is 1.99. The first kappa shape index (κ1) is 11.1. The average Bonchev–Trinajstić information content (AvgIpc) is 2.19. The minimum Gasteiger partial charge on any atom is -0.508 e. The summed E-state index contributed by atoms with van der Waals surface area (Å²) in [5.74, 6) is 1.03. The molecular formula is C11H13BrO2. The van der Waals surface area contributed by atoms with Crippen LogP contribution in [0.3, 0.4) is 0 Å². The standard InChI is InChI=1S/C11H13BrO2/c1-14-11-6-5-10(13)8-9(11)4-2-3-7-12/h2,4-6,8,13H,3,7H2,1H3. The van der Waals surface area contributed by atoms with Crippen molar-refractivity contribution in [3.63, 3.8) is 0 Å². The number of hydrogen-bond donors (Lipinski definition) is 1. The van der Waals surface area contributed by atoms with Gasteiger partial charge in [0.15, 0.2) is 0 Å². The summed E-state index contributed by atoms with van der Waals surface area (Å²) < 4.78 is 5.16. The fourth-order valence-electron chi connectivity index (χ4n) is 1.13. The molecule has 1 rings (SSSR count). The lowest BCUT2D eigenvalue weighted by molar-refractivity contribution is 0.411. The molecule has 0 atom stereocenters. The lowest BCUT2D eigenvalue weighted by Gasteiger charge is -2.04. The topological polar surface area (TPSA) is 29.5 Å². The Morgan fingerprint density at radius 3 is 2.93 bits per heavy atom. The van der Waals surface area contributed by atoms with Crippen molar-refractivity contribution in [2.45, 2.75) is 6.42 Å². The van der Waals surface area contributed by atoms with E-state index in [4.69, 9.17) is 4.74 Å². The number of aromatic hydroxyl groups is 1. The highest BCUT2D eigenvalue weighted by atomic mass is 79.9. The molecule has 1 aromatic carbocycles. The highest BCUT2D eigenvalue weighted by molar-refractivity contribution is 9.09. The van der Waals surface area contributed by atoms with Crippen LogP contribution in [-0.4, -0.2) is 17.5 Å². The van der Waals surface area contributed by atoms with Crippen molar-refractivity contribution in [3.05, 3.63) is 29.8 Å². The van der Waals surface area contributed by atoms with Gasteiger partial charge in [0.05, 0.1) is 7.11 Å². The van der Waals surface area contributed by atoms with Crippen LogP contribution in [0.1, 0.15) is 12.0 Å². The Bertz CT molecular complexity index is 321. The van der Waals surface area contributed by atoms with Gasteiger partial charge in [-0.15, -0.1) is 0 Å². The van der Waals surface area contributed by atoms with Crippen molar-refractivity contribution in [2.24, 2.45) is 0 Å². The molecule has 0 radical (unpaired) electrons. The van der Waals surface area contributed by atoms with E-state index in [1.807, 2.05) is 12.2 Å². The lowest BCUT2D eigenvalue weighted by Crippen LogP contribution is -1.86. The SMILES string of the molecule is COc1ccc(O)cc1C=CCCBr. The van der Waals surface area contributed by atoms with Gasteiger partial charge >= 0.3 is 0 Å². The number of halogens is 1. The molecule has 0 bridgehead atoms. The summed E-state index contributed by atoms with van der Waals surface area (Å²) in [5.41, 5.74) is 0.897. The minimum absolute atomic E-state index is 0.254. The third kappa shape index (κ3) is 3.07. The van der Waals surface area contributed by atoms with Crippen LogP contribution in [0.2, 0.25) is 0 Å². The Morgan fingerprint density at radius 1 is 1.50 bits per heavy atom. The van der Waals surface area contributed by atoms with Crippen molar-refractivity contribution >= 4 is 22.0 Å². The van der Waals surface area contributed by atoms with Gasteiger partial charge in [0.25, 0.3) is 0 Å². The van der Waals surface area contributed by atoms with Crippen LogP contribution >= 0.6 is 15.9 Å². The zero-order valence-corrected chi connectivity index (χ0v) is 9.62. The Hall–Kier alpha value is -0.960. The fraction of sp³-hybridized carbons (Fsp3) is 0.273. The number of hydrogen-bond acceptors (Lipinski definition) is 2. The zero-order chi connectivity index (χ0) is 10.4. The van der Waals surface area contributed by atoms with Gasteiger partial charge in [0.1, 0.15) is 11.5 Å². The first-order chi connectivity index (χ1) is 6.77. The monoisotopic (exact) mass is 256 g/mol. The maximum Gasteiger partial charge on any atom is 0.126 e. The summed E-state index contributed by atoms with van der Waals surface area (Å²) in [4.78, 5) is 0. The normalized spacial score (nSPS) is 10.7. The maximum absolute atomic E-state index is 9.29. The second-order valence-electron chi connectivity index (χ2n) is 2.81. The molecule has 0 saturated carbocycles. The quantitative estimate of drug-likeness (QED) is 0.839. The minimum atomic E-state index is 0.254. The van der Waals surface area contributed by atoms with Crippen molar-refractivity contribution in [1.82, 2.24) is 0 Å². The van der Waals surface area contributed by atoms with Gasteiger partial charge in [-0.05, 0) is 24.6 Å². The largest absolute Gasteiger partial charge is 0.508 e. The number of allylic oxidation sites excluding steroid dienone is 1. The molecule has 0 aliphatic heterocycles. The zero-order valence-electron chi connectivity index (χ0n) is 8.03. The number of rotatable bonds is 4. The molecule has 0 aliphatic rings. The third-order valence-corrected chi connectivity index (χ3v) is 2.24. The van der Waals surface area contributed by atoms with E-state index in [2.05, 4.69) is 15.9 Å². The summed E-state index contributed by atoms with van der Waals surface area (Å²) >= 11 is 3.34. The Balaban J connectivity index is 2.87. The average molecular weight is 257 g/mol. The molecule has 0 unspecified atom stereocenters. The first-order valence-electron chi connectivity index (χ1n) is 4.37. The van der Waals surface area contributed by atoms with Crippen molar-refractivity contribution in [3.8, 4) is 11.5 Å². The third-order valence-electron chi connectivity index (χ3n) is 1.79. The second kappa shape index (κ2) is 5.70. The van der Waals surface area contributed by atoms with Gasteiger partial charge in [-0.3, -0.25) is 0 Å². The van der Waals surface area contributed by atoms with Crippen LogP contribution in [0.4, 0.5) is 0 Å². The molecular weight excluding hydrogens is 244 g/mol. The van der Waals surface area contributed by atoms with Crippen molar-refractivity contribution in [1.29, 1.82) is 0 Å². The fourth-order valence-corrected chi connectivity index (χ4v) is 1.39. The molecule has 0 saturated heterocycles. The number of ether oxygens (including phenoxy) is 1. The molecule has 0 heterocycles. The van der Waals surface area contributed by atoms with E-state index < -0.39 is 0 Å². The van der Waals surface area contributed by atoms with E-state index >= 15 is 0 Å². The summed E-state index contributed by atoms with van der Waals surface area (Å²) in [5, 5.41) is 10.2. The van der Waals surface area contributed by atoms with E-state index in [1.54, 1.807) is 25.3 Å². The van der Waals surface area contributed by atoms with Gasteiger partial charge in [0.2, 0.25) is 0 Å². The molecule has 0 spiro atoms. The number of phenolic OH excluding ortho intramolecular Hbond substituents is 1. The van der Waals surface area contributed by atoms with Gasteiger partial charge < -0.3 is 9.84 Å². The molecule has 0 aliphatic carbocycles. The van der Waals surface area contributed by atoms with Crippen LogP contribution in [-0.2, 0) is 0 Å². The second-order valence-corrected chi connectivity index (χ2v) is 3.60. The number of methoxy groups -OCH3 is 1. The van der Waals surface area contributed by atoms with E-state index in [0.717, 1.165) is 23.1 Å². The van der Waals surface area contributed by atoms with Gasteiger partial charge in [-0.25, -0.2) is 0 Å². The summed E-state index contributed by atoms with van der Waals surface area (Å²) in [7, 11) is 1.62. The predicted octanol–water partition coefficient (Wildman–Crippen LogP) is 3.20. The molecule has 14 heavy (non-hydrogen) atoms. The molecule has 2 nitrogen and oxygen atoms in total. The van der Waals surface area contributed by atoms with Crippen LogP contribution in [0.5, 0.6) is 11.5 Å². The van der Waals surface area contributed by atoms with E-state index in [-0.39, 0.29) is 5.75 Å². The Kier molecular flexibility index (Phi) is 4.53. The summed E-state index contributed by atoms with van der Waals surface area (Å²) in [6.45, 7) is 0. The van der Waals surface area contributed by atoms with Crippen LogP contribution in [0.25, 0.3) is 6.08 Å². The number of phenols is 1. The van der Waals surface area contributed by atoms with Crippen molar-refractivity contribution < 1.29 is 9.84 Å². The van der Waals surface area contributed by atoms with Gasteiger partial charge in [-0.1, -0.05) is 28.1 Å². The van der Waals surface area contributed by atoms with Crippen LogP contribution < -0.4 is 4.74 Å². The van der Waals surface area contributed by atoms with Crippen LogP contribution in [0.15, 0.2) is 24.3 Å². The number of alkyl halides is 1. The molecule has 0 fully saturated rings. The van der Waals surface area contributed by atoms with E-state index in [9.17, 15) is 5.11 Å². The highest BCUT2D eigenvalue weighted by Crippen LogP contribution is 2.24. The lowest BCUT2D eigenvalue weighted by atomic mass is 10.1. The summed E-state index contributed by atoms with van der Waals surface area (Å²) in [6.07, 6.45) is 4.94. The van der Waals surface area contributed by atoms with Crippen molar-refractivity contribution in [2.75, 3.05) is 12.4 Å². The summed E-state index contributed by atoms with van der Waals surface area (Å²) in [6, 6.07) is 5.05. The molecule has 1 aromatic rings. The molecule has 3 heteroatoms. The van der Waals surface area contributed by atoms with Gasteiger partial charge in [-0.2, -0.15) is 0 Å². The Morgan fingerprint density at radius 2 is 2.29 bits per heavy atom. The number of benzene rings is 1. The maximum atomic E-state index is 9.29. The molecule has 0 amide bonds. The first-order valence-corrected chi connectivity index (χ1v) is 5.49. The Labute approximate surface area is 92.3 Å².